The Balaban J connectivity index is 1.43. The molecule has 1 aromatic carbocycles. The second kappa shape index (κ2) is 10.2. The molecule has 6 rings (SSSR count). The number of carbonyl (C=O) groups is 3. The zero-order chi connectivity index (χ0) is 27.0. The maximum Gasteiger partial charge on any atom is 0.311 e. The van der Waals surface area contributed by atoms with Gasteiger partial charge in [0, 0.05) is 33.3 Å². The number of hydrogen-bond acceptors (Lipinski definition) is 7. The number of likely N-dealkylation sites (tertiary alicyclic amines) is 1. The number of benzene rings is 1. The zero-order valence-corrected chi connectivity index (χ0v) is 21.0. The first kappa shape index (κ1) is 25.8. The van der Waals surface area contributed by atoms with E-state index in [0.717, 1.165) is 0 Å². The van der Waals surface area contributed by atoms with Crippen molar-refractivity contribution < 1.29 is 28.6 Å². The number of amides is 3. The van der Waals surface area contributed by atoms with Gasteiger partial charge in [0.2, 0.25) is 5.75 Å². The summed E-state index contributed by atoms with van der Waals surface area (Å²) in [7, 11) is 1.56. The normalized spacial score (nSPS) is 24.0. The van der Waals surface area contributed by atoms with Crippen molar-refractivity contribution >= 4 is 17.7 Å². The smallest absolute Gasteiger partial charge is 0.311 e. The quantitative estimate of drug-likeness (QED) is 0.488. The predicted molar refractivity (Wildman–Crippen MR) is 132 cm³/mol. The number of rotatable bonds is 5. The number of halogens is 1. The minimum atomic E-state index is -1.14. The van der Waals surface area contributed by atoms with Crippen LogP contribution in [0.1, 0.15) is 54.0 Å². The van der Waals surface area contributed by atoms with E-state index in [1.165, 1.54) is 33.7 Å². The third-order valence-electron chi connectivity index (χ3n) is 7.87. The first-order chi connectivity index (χ1) is 18.2. The Morgan fingerprint density at radius 1 is 1.16 bits per heavy atom. The Bertz CT molecular complexity index is 1320. The Morgan fingerprint density at radius 3 is 2.53 bits per heavy atom. The molecule has 12 heteroatoms. The highest BCUT2D eigenvalue weighted by Crippen LogP contribution is 2.43. The van der Waals surface area contributed by atoms with Gasteiger partial charge in [-0.1, -0.05) is 12.1 Å². The molecule has 1 aliphatic carbocycles. The summed E-state index contributed by atoms with van der Waals surface area (Å²) in [5, 5.41) is 16.1. The lowest BCUT2D eigenvalue weighted by Crippen LogP contribution is -2.54. The molecular weight excluding hydrogens is 497 g/mol. The second-order valence-corrected chi connectivity index (χ2v) is 10.2. The molecule has 1 atom stereocenters. The summed E-state index contributed by atoms with van der Waals surface area (Å²) in [4.78, 5) is 58.1. The second-order valence-electron chi connectivity index (χ2n) is 10.2. The lowest BCUT2D eigenvalue weighted by molar-refractivity contribution is -0.146. The van der Waals surface area contributed by atoms with E-state index in [-0.39, 0.29) is 24.4 Å². The molecule has 202 valence electrons. The van der Waals surface area contributed by atoms with Gasteiger partial charge < -0.3 is 25.4 Å². The van der Waals surface area contributed by atoms with Gasteiger partial charge in [-0.2, -0.15) is 0 Å². The van der Waals surface area contributed by atoms with Gasteiger partial charge in [-0.15, -0.1) is 0 Å². The average molecular weight is 528 g/mol. The monoisotopic (exact) mass is 527 g/mol. The molecule has 2 fully saturated rings. The number of carbonyl (C=O) groups excluding carboxylic acids is 3. The lowest BCUT2D eigenvalue weighted by Gasteiger charge is -2.37. The van der Waals surface area contributed by atoms with E-state index in [2.05, 4.69) is 15.6 Å². The van der Waals surface area contributed by atoms with Crippen LogP contribution in [-0.4, -0.2) is 63.6 Å². The highest BCUT2D eigenvalue weighted by molar-refractivity contribution is 6.35. The topological polar surface area (TPSA) is 143 Å². The van der Waals surface area contributed by atoms with Crippen molar-refractivity contribution in [2.45, 2.75) is 56.8 Å². The molecular formula is C26H30FN5O6. The zero-order valence-electron chi connectivity index (χ0n) is 21.0. The van der Waals surface area contributed by atoms with Crippen molar-refractivity contribution in [2.75, 3.05) is 20.2 Å². The first-order valence-corrected chi connectivity index (χ1v) is 12.7. The summed E-state index contributed by atoms with van der Waals surface area (Å²) in [5.41, 5.74) is -1.76. The molecule has 4 heterocycles. The molecule has 38 heavy (non-hydrogen) atoms. The number of methoxy groups -OCH3 is 1. The highest BCUT2D eigenvalue weighted by Gasteiger charge is 2.47. The number of aromatic hydroxyl groups is 1. The molecule has 3 aliphatic heterocycles. The molecule has 3 amide bonds. The molecule has 2 aromatic rings. The van der Waals surface area contributed by atoms with Gasteiger partial charge in [-0.05, 0) is 55.7 Å². The van der Waals surface area contributed by atoms with Crippen molar-refractivity contribution in [3.8, 4) is 5.75 Å². The molecule has 1 unspecified atom stereocenters. The van der Waals surface area contributed by atoms with Gasteiger partial charge in [0.25, 0.3) is 11.5 Å². The number of ether oxygens (including phenoxy) is 1. The van der Waals surface area contributed by atoms with E-state index < -0.39 is 46.1 Å². The third kappa shape index (κ3) is 4.75. The van der Waals surface area contributed by atoms with Crippen molar-refractivity contribution in [1.29, 1.82) is 0 Å². The van der Waals surface area contributed by atoms with Crippen LogP contribution >= 0.6 is 0 Å². The fourth-order valence-electron chi connectivity index (χ4n) is 5.64. The van der Waals surface area contributed by atoms with Gasteiger partial charge in [-0.25, -0.2) is 9.37 Å². The molecule has 0 spiro atoms. The predicted octanol–water partition coefficient (Wildman–Crippen LogP) is 0.781. The van der Waals surface area contributed by atoms with Crippen LogP contribution in [0.4, 0.5) is 4.39 Å². The number of nitrogens with one attached hydrogen (secondary N) is 2. The molecule has 3 N–H and O–H groups in total. The van der Waals surface area contributed by atoms with Crippen LogP contribution in [-0.2, 0) is 33.0 Å². The molecule has 2 bridgehead atoms. The lowest BCUT2D eigenvalue weighted by atomic mass is 9.77. The van der Waals surface area contributed by atoms with E-state index in [0.29, 0.717) is 57.3 Å². The Kier molecular flexibility index (Phi) is 6.91. The van der Waals surface area contributed by atoms with Crippen LogP contribution in [0.25, 0.3) is 0 Å². The molecule has 1 saturated heterocycles. The van der Waals surface area contributed by atoms with Crippen LogP contribution < -0.4 is 16.2 Å². The summed E-state index contributed by atoms with van der Waals surface area (Å²) < 4.78 is 19.8. The Morgan fingerprint density at radius 2 is 1.87 bits per heavy atom. The number of hydrogen-bond donors (Lipinski definition) is 3. The maximum absolute atomic E-state index is 13.2. The highest BCUT2D eigenvalue weighted by atomic mass is 19.1. The summed E-state index contributed by atoms with van der Waals surface area (Å²) in [6.07, 6.45) is 2.74. The van der Waals surface area contributed by atoms with Crippen LogP contribution in [0.15, 0.2) is 29.1 Å². The van der Waals surface area contributed by atoms with Gasteiger partial charge in [0.05, 0.1) is 11.6 Å². The first-order valence-electron chi connectivity index (χ1n) is 12.7. The van der Waals surface area contributed by atoms with Crippen molar-refractivity contribution in [2.24, 2.45) is 5.92 Å². The van der Waals surface area contributed by atoms with Gasteiger partial charge in [0.15, 0.2) is 5.69 Å². The van der Waals surface area contributed by atoms with Crippen molar-refractivity contribution in [3.63, 3.8) is 0 Å². The summed E-state index contributed by atoms with van der Waals surface area (Å²) in [5.74, 6) is -3.19. The Hall–Kier alpha value is -3.80. The fraction of sp³-hybridized carbons (Fsp3) is 0.500. The van der Waals surface area contributed by atoms with Crippen molar-refractivity contribution in [1.82, 2.24) is 25.1 Å². The summed E-state index contributed by atoms with van der Waals surface area (Å²) in [6.45, 7) is 1.04. The molecule has 1 aromatic heterocycles. The molecule has 1 saturated carbocycles. The fourth-order valence-corrected chi connectivity index (χ4v) is 5.64. The van der Waals surface area contributed by atoms with E-state index in [1.54, 1.807) is 7.11 Å². The minimum Gasteiger partial charge on any atom is -0.501 e. The van der Waals surface area contributed by atoms with E-state index in [4.69, 9.17) is 4.74 Å². The molecule has 11 nitrogen and oxygen atoms in total. The number of aromatic nitrogens is 2. The average Bonchev–Trinajstić information content (AvgIpc) is 3.29. The summed E-state index contributed by atoms with van der Waals surface area (Å²) >= 11 is 0. The van der Waals surface area contributed by atoms with Crippen molar-refractivity contribution in [3.05, 3.63) is 57.5 Å². The molecule has 4 aliphatic rings. The number of fused-ring (bicyclic) bond motifs is 2. The minimum absolute atomic E-state index is 0.0232. The maximum atomic E-state index is 13.2. The van der Waals surface area contributed by atoms with Gasteiger partial charge in [0.1, 0.15) is 11.6 Å². The SMILES string of the molecule is COC1CCN(C(=O)C(=O)NC23CCC(CC2)Cn2c3nc(C(=O)NCc3ccc(F)cc3)c(O)c2=O)C1. The van der Waals surface area contributed by atoms with Crippen LogP contribution in [0, 0.1) is 11.7 Å². The van der Waals surface area contributed by atoms with Crippen LogP contribution in [0.5, 0.6) is 5.75 Å². The Labute approximate surface area is 218 Å². The van der Waals surface area contributed by atoms with Crippen LogP contribution in [0.2, 0.25) is 0 Å². The third-order valence-corrected chi connectivity index (χ3v) is 7.87. The number of nitrogens with zero attached hydrogens (tertiary/aromatic N) is 3. The van der Waals surface area contributed by atoms with Crippen LogP contribution in [0.3, 0.4) is 0 Å². The molecule has 0 radical (unpaired) electrons. The van der Waals surface area contributed by atoms with E-state index in [9.17, 15) is 28.7 Å². The van der Waals surface area contributed by atoms with Gasteiger partial charge in [-0.3, -0.25) is 23.7 Å². The van der Waals surface area contributed by atoms with E-state index >= 15 is 0 Å². The largest absolute Gasteiger partial charge is 0.501 e. The van der Waals surface area contributed by atoms with E-state index in [1.807, 2.05) is 0 Å². The summed E-state index contributed by atoms with van der Waals surface area (Å²) in [6, 6.07) is 5.52. The van der Waals surface area contributed by atoms with Gasteiger partial charge >= 0.3 is 11.8 Å². The standard InChI is InChI=1S/C26H30FN5O6/c1-38-18-8-11-31(14-18)24(37)22(35)30-26-9-6-16(7-10-26)13-32-23(36)20(33)19(29-25(26)32)21(34)28-12-15-2-4-17(27)5-3-15/h2-5,16,18,33H,6-14H2,1H3,(H,28,34)(H,30,35).